The number of hydrogen-bond donors (Lipinski definition) is 1. The smallest absolute Gasteiger partial charge is 0.165 e. The van der Waals surface area contributed by atoms with E-state index in [4.69, 9.17) is 15.7 Å². The van der Waals surface area contributed by atoms with Crippen molar-refractivity contribution in [2.45, 2.75) is 19.4 Å². The van der Waals surface area contributed by atoms with Gasteiger partial charge in [0.1, 0.15) is 11.3 Å². The van der Waals surface area contributed by atoms with Gasteiger partial charge in [0.05, 0.1) is 11.3 Å². The highest BCUT2D eigenvalue weighted by atomic mass is 15.2. The van der Waals surface area contributed by atoms with Crippen LogP contribution < -0.4 is 5.73 Å². The molecule has 7 nitrogen and oxygen atoms in total. The number of rotatable bonds is 5. The normalized spacial score (nSPS) is 19.9. The Morgan fingerprint density at radius 1 is 0.846 bits per heavy atom. The summed E-state index contributed by atoms with van der Waals surface area (Å²) in [5.41, 5.74) is 13.5. The number of fused-ring (bicyclic) bond motifs is 1. The van der Waals surface area contributed by atoms with E-state index in [0.717, 1.165) is 46.0 Å². The summed E-state index contributed by atoms with van der Waals surface area (Å²) in [4.78, 5) is 19.5. The molecule has 2 aromatic carbocycles. The Morgan fingerprint density at radius 3 is 2.44 bits per heavy atom. The van der Waals surface area contributed by atoms with E-state index in [1.165, 1.54) is 44.6 Å². The van der Waals surface area contributed by atoms with Gasteiger partial charge in [-0.15, -0.1) is 0 Å². The van der Waals surface area contributed by atoms with Gasteiger partial charge in [0.2, 0.25) is 0 Å². The number of nitrogens with two attached hydrogens (primary N) is 1. The average Bonchev–Trinajstić information content (AvgIpc) is 3.65. The molecule has 1 atom stereocenters. The molecule has 39 heavy (non-hydrogen) atoms. The zero-order valence-electron chi connectivity index (χ0n) is 22.3. The van der Waals surface area contributed by atoms with E-state index in [1.807, 2.05) is 42.5 Å². The van der Waals surface area contributed by atoms with Gasteiger partial charge in [-0.25, -0.2) is 15.0 Å². The number of hydrogen-bond acceptors (Lipinski definition) is 6. The van der Waals surface area contributed by atoms with Crippen molar-refractivity contribution in [2.75, 3.05) is 39.0 Å². The van der Waals surface area contributed by atoms with Crippen molar-refractivity contribution in [3.63, 3.8) is 0 Å². The fourth-order valence-corrected chi connectivity index (χ4v) is 6.42. The van der Waals surface area contributed by atoms with Crippen LogP contribution in [0.15, 0.2) is 85.1 Å². The fourth-order valence-electron chi connectivity index (χ4n) is 6.42. The zero-order valence-corrected chi connectivity index (χ0v) is 22.3. The predicted molar refractivity (Wildman–Crippen MR) is 156 cm³/mol. The topological polar surface area (TPSA) is 76.1 Å². The summed E-state index contributed by atoms with van der Waals surface area (Å²) in [6, 6.07) is 27.0. The van der Waals surface area contributed by atoms with E-state index in [0.29, 0.717) is 11.2 Å². The maximum absolute atomic E-state index is 6.32. The Labute approximate surface area is 228 Å². The number of likely N-dealkylation sites (tertiary alicyclic amines) is 2. The van der Waals surface area contributed by atoms with E-state index >= 15 is 0 Å². The molecule has 0 saturated carbocycles. The Bertz CT molecular complexity index is 1630. The fraction of sp³-hybridized carbons (Fsp3) is 0.281. The second-order valence-corrected chi connectivity index (χ2v) is 11.2. The number of nitrogen functional groups attached to an aromatic ring is 1. The Kier molecular flexibility index (Phi) is 5.90. The first-order chi connectivity index (χ1) is 19.1. The van der Waals surface area contributed by atoms with Crippen molar-refractivity contribution in [1.29, 1.82) is 0 Å². The predicted octanol–water partition coefficient (Wildman–Crippen LogP) is 5.26. The number of aromatic nitrogens is 4. The molecule has 3 aromatic heterocycles. The molecule has 2 saturated heterocycles. The molecule has 196 valence electrons. The first-order valence-corrected chi connectivity index (χ1v) is 13.7. The van der Waals surface area contributed by atoms with E-state index in [2.05, 4.69) is 62.8 Å². The number of pyridine rings is 2. The second-order valence-electron chi connectivity index (χ2n) is 11.2. The summed E-state index contributed by atoms with van der Waals surface area (Å²) in [6.45, 7) is 5.81. The Balaban J connectivity index is 1.25. The molecular formula is C32H33N7. The molecule has 5 aromatic rings. The van der Waals surface area contributed by atoms with E-state index in [1.54, 1.807) is 6.20 Å². The zero-order chi connectivity index (χ0) is 26.4. The third-order valence-corrected chi connectivity index (χ3v) is 8.40. The molecule has 2 fully saturated rings. The lowest BCUT2D eigenvalue weighted by Crippen LogP contribution is -2.29. The van der Waals surface area contributed by atoms with Gasteiger partial charge in [-0.2, -0.15) is 0 Å². The third kappa shape index (κ3) is 4.47. The van der Waals surface area contributed by atoms with Crippen molar-refractivity contribution in [1.82, 2.24) is 29.3 Å². The molecule has 0 amide bonds. The summed E-state index contributed by atoms with van der Waals surface area (Å²) in [5.74, 6) is 1.20. The Hall–Kier alpha value is -4.07. The van der Waals surface area contributed by atoms with Crippen LogP contribution in [0.25, 0.3) is 39.5 Å². The molecule has 1 unspecified atom stereocenters. The van der Waals surface area contributed by atoms with Crippen LogP contribution in [0.5, 0.6) is 0 Å². The first-order valence-electron chi connectivity index (χ1n) is 13.7. The summed E-state index contributed by atoms with van der Waals surface area (Å²) in [6.07, 6.45) is 4.34. The largest absolute Gasteiger partial charge is 0.383 e. The number of anilines is 1. The lowest BCUT2D eigenvalue weighted by Gasteiger charge is -2.24. The van der Waals surface area contributed by atoms with Crippen LogP contribution in [-0.2, 0) is 6.54 Å². The minimum atomic E-state index is 0.453. The van der Waals surface area contributed by atoms with E-state index in [9.17, 15) is 0 Å². The molecule has 7 heteroatoms. The standard InChI is InChI=1S/C32H33N7/c1-37-18-15-32(21-37)16-19-38(22-32)20-23-9-11-25(12-10-23)39-30(26-8-5-17-34-29(26)33)36-28-14-13-27(35-31(28)39)24-6-3-2-4-7-24/h2-14,17H,15-16,18-22H2,1H3,(H2,33,34). The average molecular weight is 516 g/mol. The molecule has 2 aliphatic rings. The van der Waals surface area contributed by atoms with Crippen LogP contribution in [0.2, 0.25) is 0 Å². The summed E-state index contributed by atoms with van der Waals surface area (Å²) in [7, 11) is 2.25. The SMILES string of the molecule is CN1CCC2(CCN(Cc3ccc(-n4c(-c5cccnc5N)nc5ccc(-c6ccccc6)nc54)cc3)C2)C1. The summed E-state index contributed by atoms with van der Waals surface area (Å²) < 4.78 is 2.11. The minimum Gasteiger partial charge on any atom is -0.383 e. The van der Waals surface area contributed by atoms with E-state index < -0.39 is 0 Å². The second kappa shape index (κ2) is 9.59. The highest BCUT2D eigenvalue weighted by molar-refractivity contribution is 5.84. The van der Waals surface area contributed by atoms with Gasteiger partial charge < -0.3 is 10.6 Å². The van der Waals surface area contributed by atoms with Gasteiger partial charge in [0.25, 0.3) is 0 Å². The lowest BCUT2D eigenvalue weighted by atomic mass is 9.86. The molecular weight excluding hydrogens is 482 g/mol. The maximum atomic E-state index is 6.32. The van der Waals surface area contributed by atoms with Crippen LogP contribution >= 0.6 is 0 Å². The first kappa shape index (κ1) is 24.0. The van der Waals surface area contributed by atoms with Crippen molar-refractivity contribution in [3.05, 3.63) is 90.6 Å². The van der Waals surface area contributed by atoms with Gasteiger partial charge in [0.15, 0.2) is 11.5 Å². The number of benzene rings is 2. The number of imidazole rings is 1. The molecule has 5 heterocycles. The Morgan fingerprint density at radius 2 is 1.67 bits per heavy atom. The molecule has 2 N–H and O–H groups in total. The van der Waals surface area contributed by atoms with Crippen LogP contribution in [0.4, 0.5) is 5.82 Å². The van der Waals surface area contributed by atoms with Crippen molar-refractivity contribution >= 4 is 17.0 Å². The molecule has 0 aliphatic carbocycles. The maximum Gasteiger partial charge on any atom is 0.165 e. The van der Waals surface area contributed by atoms with Crippen LogP contribution in [0, 0.1) is 5.41 Å². The third-order valence-electron chi connectivity index (χ3n) is 8.40. The minimum absolute atomic E-state index is 0.453. The summed E-state index contributed by atoms with van der Waals surface area (Å²) in [5, 5.41) is 0. The number of nitrogens with zero attached hydrogens (tertiary/aromatic N) is 6. The molecule has 0 bridgehead atoms. The van der Waals surface area contributed by atoms with Crippen molar-refractivity contribution in [2.24, 2.45) is 5.41 Å². The highest BCUT2D eigenvalue weighted by Gasteiger charge is 2.42. The van der Waals surface area contributed by atoms with Crippen molar-refractivity contribution < 1.29 is 0 Å². The van der Waals surface area contributed by atoms with Crippen LogP contribution in [0.3, 0.4) is 0 Å². The van der Waals surface area contributed by atoms with Gasteiger partial charge in [-0.05, 0) is 80.4 Å². The van der Waals surface area contributed by atoms with Gasteiger partial charge in [-0.1, -0.05) is 42.5 Å². The molecule has 0 radical (unpaired) electrons. The van der Waals surface area contributed by atoms with Crippen molar-refractivity contribution in [3.8, 4) is 28.3 Å². The van der Waals surface area contributed by atoms with Gasteiger partial charge in [-0.3, -0.25) is 9.47 Å². The van der Waals surface area contributed by atoms with Gasteiger partial charge >= 0.3 is 0 Å². The summed E-state index contributed by atoms with van der Waals surface area (Å²) >= 11 is 0. The lowest BCUT2D eigenvalue weighted by molar-refractivity contribution is 0.250. The van der Waals surface area contributed by atoms with Crippen LogP contribution in [-0.4, -0.2) is 62.5 Å². The molecule has 7 rings (SSSR count). The van der Waals surface area contributed by atoms with Gasteiger partial charge in [0, 0.05) is 37.1 Å². The molecule has 1 spiro atoms. The molecule has 2 aliphatic heterocycles. The highest BCUT2D eigenvalue weighted by Crippen LogP contribution is 2.39. The van der Waals surface area contributed by atoms with Crippen LogP contribution in [0.1, 0.15) is 18.4 Å². The van der Waals surface area contributed by atoms with E-state index in [-0.39, 0.29) is 0 Å². The monoisotopic (exact) mass is 515 g/mol. The quantitative estimate of drug-likeness (QED) is 0.344.